The van der Waals surface area contributed by atoms with E-state index in [4.69, 9.17) is 9.47 Å². The minimum absolute atomic E-state index is 0.0360. The zero-order valence-corrected chi connectivity index (χ0v) is 17.6. The first-order chi connectivity index (χ1) is 13.9. The van der Waals surface area contributed by atoms with E-state index in [-0.39, 0.29) is 18.7 Å². The Labute approximate surface area is 171 Å². The highest BCUT2D eigenvalue weighted by Crippen LogP contribution is 2.22. The van der Waals surface area contributed by atoms with Gasteiger partial charge in [0.25, 0.3) is 5.56 Å². The first kappa shape index (κ1) is 21.0. The quantitative estimate of drug-likeness (QED) is 0.543. The average molecular weight is 420 g/mol. The smallest absolute Gasteiger partial charge is 0.332 e. The van der Waals surface area contributed by atoms with Gasteiger partial charge in [-0.1, -0.05) is 18.7 Å². The van der Waals surface area contributed by atoms with Crippen LogP contribution in [0.25, 0.3) is 11.2 Å². The Hall–Kier alpha value is -2.72. The van der Waals surface area contributed by atoms with Gasteiger partial charge in [-0.25, -0.2) is 9.78 Å². The van der Waals surface area contributed by atoms with Crippen LogP contribution in [0.5, 0.6) is 11.5 Å². The molecular formula is C19H24N4O5S. The van der Waals surface area contributed by atoms with Crippen molar-refractivity contribution in [3.8, 4) is 11.5 Å². The number of fused-ring (bicyclic) bond motifs is 1. The largest absolute Gasteiger partial charge is 0.497 e. The third-order valence-electron chi connectivity index (χ3n) is 4.48. The molecule has 0 amide bonds. The monoisotopic (exact) mass is 420 g/mol. The molecule has 0 unspecified atom stereocenters. The summed E-state index contributed by atoms with van der Waals surface area (Å²) in [6.45, 7) is 2.12. The maximum atomic E-state index is 12.7. The van der Waals surface area contributed by atoms with Crippen LogP contribution in [-0.4, -0.2) is 49.4 Å². The van der Waals surface area contributed by atoms with E-state index in [0.29, 0.717) is 22.3 Å². The lowest BCUT2D eigenvalue weighted by atomic mass is 10.3. The number of imidazole rings is 1. The molecule has 0 spiro atoms. The predicted molar refractivity (Wildman–Crippen MR) is 111 cm³/mol. The second-order valence-electron chi connectivity index (χ2n) is 6.46. The van der Waals surface area contributed by atoms with Crippen molar-refractivity contribution in [2.45, 2.75) is 24.7 Å². The fraction of sp³-hybridized carbons (Fsp3) is 0.421. The lowest BCUT2D eigenvalue weighted by molar-refractivity contribution is 0.0913. The first-order valence-corrected chi connectivity index (χ1v) is 10.1. The molecule has 10 heteroatoms. The number of thioether (sulfide) groups is 1. The molecule has 0 saturated heterocycles. The second kappa shape index (κ2) is 8.75. The third kappa shape index (κ3) is 4.18. The van der Waals surface area contributed by atoms with Crippen molar-refractivity contribution in [1.82, 2.24) is 18.7 Å². The minimum Gasteiger partial charge on any atom is -0.497 e. The summed E-state index contributed by atoms with van der Waals surface area (Å²) in [7, 11) is 4.59. The maximum Gasteiger partial charge on any atom is 0.332 e. The molecule has 1 aromatic carbocycles. The normalized spacial score (nSPS) is 12.3. The van der Waals surface area contributed by atoms with E-state index in [2.05, 4.69) is 4.98 Å². The molecule has 3 rings (SSSR count). The number of ether oxygens (including phenoxy) is 2. The number of aliphatic hydroxyl groups is 1. The fourth-order valence-corrected chi connectivity index (χ4v) is 3.69. The Morgan fingerprint density at radius 2 is 1.79 bits per heavy atom. The van der Waals surface area contributed by atoms with Gasteiger partial charge in [0.1, 0.15) is 24.2 Å². The third-order valence-corrected chi connectivity index (χ3v) is 5.34. The standard InChI is InChI=1S/C19H24N4O5S/c1-5-29-18-20-16-15(17(25)22(3)19(26)21(16)2)23(18)10-12(24)11-28-14-8-6-13(27-4)7-9-14/h6-9,12,24H,5,10-11H2,1-4H3/t12-/m1/s1. The van der Waals surface area contributed by atoms with Crippen LogP contribution in [0, 0.1) is 0 Å². The summed E-state index contributed by atoms with van der Waals surface area (Å²) in [6.07, 6.45) is -0.882. The fourth-order valence-electron chi connectivity index (χ4n) is 2.96. The van der Waals surface area contributed by atoms with Crippen LogP contribution >= 0.6 is 11.8 Å². The van der Waals surface area contributed by atoms with E-state index in [9.17, 15) is 14.7 Å². The number of hydrogen-bond acceptors (Lipinski definition) is 7. The molecule has 9 nitrogen and oxygen atoms in total. The summed E-state index contributed by atoms with van der Waals surface area (Å²) >= 11 is 1.44. The molecule has 1 atom stereocenters. The number of nitrogens with zero attached hydrogens (tertiary/aromatic N) is 4. The minimum atomic E-state index is -0.882. The van der Waals surface area contributed by atoms with Gasteiger partial charge in [0, 0.05) is 14.1 Å². The molecule has 0 bridgehead atoms. The summed E-state index contributed by atoms with van der Waals surface area (Å²) in [5, 5.41) is 11.1. The van der Waals surface area contributed by atoms with Gasteiger partial charge in [0.15, 0.2) is 16.3 Å². The summed E-state index contributed by atoms with van der Waals surface area (Å²) in [6, 6.07) is 7.04. The number of benzene rings is 1. The lowest BCUT2D eigenvalue weighted by Crippen LogP contribution is -2.38. The van der Waals surface area contributed by atoms with Gasteiger partial charge in [-0.3, -0.25) is 13.9 Å². The van der Waals surface area contributed by atoms with E-state index >= 15 is 0 Å². The summed E-state index contributed by atoms with van der Waals surface area (Å²) < 4.78 is 14.8. The Balaban J connectivity index is 1.88. The van der Waals surface area contributed by atoms with Gasteiger partial charge in [0.2, 0.25) is 0 Å². The number of rotatable bonds is 8. The number of aryl methyl sites for hydroxylation is 1. The average Bonchev–Trinajstić information content (AvgIpc) is 3.08. The zero-order chi connectivity index (χ0) is 21.1. The van der Waals surface area contributed by atoms with Crippen LogP contribution in [-0.2, 0) is 20.6 Å². The van der Waals surface area contributed by atoms with Crippen LogP contribution in [0.4, 0.5) is 0 Å². The molecule has 156 valence electrons. The summed E-state index contributed by atoms with van der Waals surface area (Å²) in [4.78, 5) is 29.4. The van der Waals surface area contributed by atoms with Gasteiger partial charge < -0.3 is 19.1 Å². The predicted octanol–water partition coefficient (Wildman–Crippen LogP) is 0.994. The van der Waals surface area contributed by atoms with Crippen LogP contribution in [0.3, 0.4) is 0 Å². The summed E-state index contributed by atoms with van der Waals surface area (Å²) in [5.74, 6) is 2.04. The van der Waals surface area contributed by atoms with Gasteiger partial charge in [-0.05, 0) is 30.0 Å². The molecule has 29 heavy (non-hydrogen) atoms. The molecule has 2 heterocycles. The Morgan fingerprint density at radius 3 is 2.41 bits per heavy atom. The zero-order valence-electron chi connectivity index (χ0n) is 16.8. The van der Waals surface area contributed by atoms with E-state index in [1.165, 1.54) is 23.4 Å². The molecular weight excluding hydrogens is 396 g/mol. The first-order valence-electron chi connectivity index (χ1n) is 9.11. The summed E-state index contributed by atoms with van der Waals surface area (Å²) in [5.41, 5.74) is -0.295. The van der Waals surface area contributed by atoms with Crippen LogP contribution < -0.4 is 20.7 Å². The highest BCUT2D eigenvalue weighted by Gasteiger charge is 2.21. The van der Waals surface area contributed by atoms with Gasteiger partial charge in [-0.15, -0.1) is 0 Å². The van der Waals surface area contributed by atoms with E-state index in [1.807, 2.05) is 6.92 Å². The molecule has 0 fully saturated rings. The molecule has 2 aromatic heterocycles. The molecule has 0 aliphatic rings. The van der Waals surface area contributed by atoms with Gasteiger partial charge >= 0.3 is 5.69 Å². The Morgan fingerprint density at radius 1 is 1.14 bits per heavy atom. The molecule has 1 N–H and O–H groups in total. The Bertz CT molecular complexity index is 1120. The molecule has 0 radical (unpaired) electrons. The van der Waals surface area contributed by atoms with Crippen LogP contribution in [0.15, 0.2) is 39.0 Å². The number of aromatic nitrogens is 4. The highest BCUT2D eigenvalue weighted by molar-refractivity contribution is 7.99. The van der Waals surface area contributed by atoms with Crippen molar-refractivity contribution in [1.29, 1.82) is 0 Å². The van der Waals surface area contributed by atoms with Crippen molar-refractivity contribution in [3.05, 3.63) is 45.1 Å². The molecule has 0 saturated carbocycles. The molecule has 0 aliphatic heterocycles. The number of aliphatic hydroxyl groups excluding tert-OH is 1. The molecule has 3 aromatic rings. The Kier molecular flexibility index (Phi) is 6.33. The van der Waals surface area contributed by atoms with Gasteiger partial charge in [0.05, 0.1) is 13.7 Å². The van der Waals surface area contributed by atoms with Gasteiger partial charge in [-0.2, -0.15) is 0 Å². The highest BCUT2D eigenvalue weighted by atomic mass is 32.2. The topological polar surface area (TPSA) is 101 Å². The number of methoxy groups -OCH3 is 1. The maximum absolute atomic E-state index is 12.7. The SMILES string of the molecule is CCSc1nc2c(c(=O)n(C)c(=O)n2C)n1C[C@@H](O)COc1ccc(OC)cc1. The number of hydrogen-bond donors (Lipinski definition) is 1. The molecule has 0 aliphatic carbocycles. The van der Waals surface area contributed by atoms with Crippen LogP contribution in [0.1, 0.15) is 6.92 Å². The van der Waals surface area contributed by atoms with Crippen LogP contribution in [0.2, 0.25) is 0 Å². The van der Waals surface area contributed by atoms with E-state index in [0.717, 1.165) is 10.3 Å². The second-order valence-corrected chi connectivity index (χ2v) is 7.69. The lowest BCUT2D eigenvalue weighted by Gasteiger charge is -2.15. The van der Waals surface area contributed by atoms with Crippen molar-refractivity contribution in [2.75, 3.05) is 19.5 Å². The van der Waals surface area contributed by atoms with Crippen molar-refractivity contribution >= 4 is 22.9 Å². The van der Waals surface area contributed by atoms with E-state index < -0.39 is 17.4 Å². The van der Waals surface area contributed by atoms with Crippen molar-refractivity contribution < 1.29 is 14.6 Å². The van der Waals surface area contributed by atoms with Crippen molar-refractivity contribution in [3.63, 3.8) is 0 Å². The van der Waals surface area contributed by atoms with E-state index in [1.54, 1.807) is 43.0 Å². The van der Waals surface area contributed by atoms with Crippen molar-refractivity contribution in [2.24, 2.45) is 14.1 Å².